The molecule has 0 aliphatic carbocycles. The minimum atomic E-state index is -1.65. The Morgan fingerprint density at radius 3 is 1.27 bits per heavy atom. The van der Waals surface area contributed by atoms with E-state index in [1.54, 1.807) is 6.08 Å². The molecule has 0 aliphatic rings. The molecule has 0 amide bonds. The van der Waals surface area contributed by atoms with Gasteiger partial charge in [-0.25, -0.2) is 0 Å². The second-order valence-electron chi connectivity index (χ2n) is 10.0. The highest BCUT2D eigenvalue weighted by Gasteiger charge is 2.25. The molecule has 0 aliphatic heterocycles. The number of rotatable bonds is 11. The summed E-state index contributed by atoms with van der Waals surface area (Å²) in [5.41, 5.74) is 4.72. The zero-order chi connectivity index (χ0) is 26.3. The molecule has 190 valence electrons. The normalized spacial score (nSPS) is 11.8. The van der Waals surface area contributed by atoms with Crippen molar-refractivity contribution in [2.24, 2.45) is 0 Å². The minimum Gasteiger partial charge on any atom is -0.418 e. The van der Waals surface area contributed by atoms with Gasteiger partial charge in [-0.3, -0.25) is 4.52 Å². The smallest absolute Gasteiger partial charge is 0.418 e. The molecule has 0 aromatic heterocycles. The topological polar surface area (TPSA) is 27.7 Å². The second kappa shape index (κ2) is 11.8. The van der Waals surface area contributed by atoms with E-state index in [9.17, 15) is 0 Å². The number of benzene rings is 4. The van der Waals surface area contributed by atoms with Crippen LogP contribution in [0.2, 0.25) is 0 Å². The highest BCUT2D eigenvalue weighted by atomic mass is 31.2. The van der Waals surface area contributed by atoms with Crippen molar-refractivity contribution in [2.45, 2.75) is 38.5 Å². The Balaban J connectivity index is 1.46. The quantitative estimate of drug-likeness (QED) is 0.149. The minimum absolute atomic E-state index is 0.115. The molecular weight excluding hydrogens is 475 g/mol. The fourth-order valence-electron chi connectivity index (χ4n) is 4.26. The Morgan fingerprint density at radius 2 is 0.919 bits per heavy atom. The van der Waals surface area contributed by atoms with E-state index in [1.807, 2.05) is 36.4 Å². The molecule has 0 N–H and O–H groups in total. The maximum atomic E-state index is 6.13. The lowest BCUT2D eigenvalue weighted by Crippen LogP contribution is -2.18. The van der Waals surface area contributed by atoms with Crippen molar-refractivity contribution >= 4 is 8.60 Å². The monoisotopic (exact) mass is 510 g/mol. The molecule has 0 fully saturated rings. The molecule has 4 aromatic carbocycles. The van der Waals surface area contributed by atoms with E-state index in [2.05, 4.69) is 107 Å². The van der Waals surface area contributed by atoms with Crippen LogP contribution in [0.15, 0.2) is 122 Å². The molecule has 0 atom stereocenters. The molecule has 4 rings (SSSR count). The highest BCUT2D eigenvalue weighted by molar-refractivity contribution is 7.42. The Morgan fingerprint density at radius 1 is 0.568 bits per heavy atom. The van der Waals surface area contributed by atoms with Crippen LogP contribution >= 0.6 is 8.60 Å². The summed E-state index contributed by atoms with van der Waals surface area (Å²) in [6.07, 6.45) is 1.69. The summed E-state index contributed by atoms with van der Waals surface area (Å²) in [6.45, 7) is 13.0. The van der Waals surface area contributed by atoms with Gasteiger partial charge in [0.25, 0.3) is 0 Å². The van der Waals surface area contributed by atoms with Crippen molar-refractivity contribution in [3.05, 3.63) is 144 Å². The molecule has 37 heavy (non-hydrogen) atoms. The van der Waals surface area contributed by atoms with Crippen LogP contribution in [-0.4, -0.2) is 6.61 Å². The van der Waals surface area contributed by atoms with E-state index < -0.39 is 8.60 Å². The molecule has 4 aromatic rings. The van der Waals surface area contributed by atoms with Gasteiger partial charge in [0.05, 0.1) is 6.61 Å². The molecule has 0 saturated carbocycles. The summed E-state index contributed by atoms with van der Waals surface area (Å²) in [7, 11) is -1.65. The van der Waals surface area contributed by atoms with Gasteiger partial charge in [0.2, 0.25) is 0 Å². The third-order valence-corrected chi connectivity index (χ3v) is 7.88. The van der Waals surface area contributed by atoms with Gasteiger partial charge in [0, 0.05) is 10.8 Å². The molecule has 0 unspecified atom stereocenters. The van der Waals surface area contributed by atoms with Crippen LogP contribution in [0.5, 0.6) is 11.5 Å². The lowest BCUT2D eigenvalue weighted by atomic mass is 9.78. The Hall–Kier alpha value is -3.39. The van der Waals surface area contributed by atoms with E-state index in [-0.39, 0.29) is 10.8 Å². The summed E-state index contributed by atoms with van der Waals surface area (Å²) < 4.78 is 18.1. The lowest BCUT2D eigenvalue weighted by Gasteiger charge is -2.27. The first-order valence-corrected chi connectivity index (χ1v) is 13.6. The average molecular weight is 511 g/mol. The van der Waals surface area contributed by atoms with Crippen molar-refractivity contribution in [1.29, 1.82) is 0 Å². The van der Waals surface area contributed by atoms with Crippen molar-refractivity contribution < 1.29 is 13.6 Å². The maximum Gasteiger partial charge on any atom is 0.463 e. The van der Waals surface area contributed by atoms with Crippen molar-refractivity contribution in [1.82, 2.24) is 0 Å². The van der Waals surface area contributed by atoms with Crippen molar-refractivity contribution in [2.75, 3.05) is 6.61 Å². The molecule has 0 heterocycles. The van der Waals surface area contributed by atoms with Gasteiger partial charge >= 0.3 is 8.60 Å². The Labute approximate surface area is 222 Å². The largest absolute Gasteiger partial charge is 0.463 e. The highest BCUT2D eigenvalue weighted by Crippen LogP contribution is 2.43. The van der Waals surface area contributed by atoms with Gasteiger partial charge in [-0.1, -0.05) is 119 Å². The summed E-state index contributed by atoms with van der Waals surface area (Å²) in [5.74, 6) is 1.40. The zero-order valence-corrected chi connectivity index (χ0v) is 23.0. The van der Waals surface area contributed by atoms with E-state index in [4.69, 9.17) is 13.6 Å². The average Bonchev–Trinajstić information content (AvgIpc) is 2.93. The molecule has 0 spiro atoms. The fraction of sp³-hybridized carbons (Fsp3) is 0.212. The second-order valence-corrected chi connectivity index (χ2v) is 11.1. The summed E-state index contributed by atoms with van der Waals surface area (Å²) in [4.78, 5) is 0. The van der Waals surface area contributed by atoms with Gasteiger partial charge in [0.15, 0.2) is 0 Å². The predicted octanol–water partition coefficient (Wildman–Crippen LogP) is 9.23. The molecule has 4 heteroatoms. The van der Waals surface area contributed by atoms with Gasteiger partial charge in [-0.15, -0.1) is 6.58 Å². The molecule has 0 bridgehead atoms. The van der Waals surface area contributed by atoms with E-state index in [0.29, 0.717) is 18.1 Å². The van der Waals surface area contributed by atoms with Gasteiger partial charge < -0.3 is 9.05 Å². The van der Waals surface area contributed by atoms with Gasteiger partial charge in [0.1, 0.15) is 11.5 Å². The van der Waals surface area contributed by atoms with Crippen molar-refractivity contribution in [3.8, 4) is 11.5 Å². The Kier molecular flexibility index (Phi) is 8.48. The fourth-order valence-corrected chi connectivity index (χ4v) is 5.22. The molecule has 3 nitrogen and oxygen atoms in total. The van der Waals surface area contributed by atoms with Gasteiger partial charge in [-0.05, 0) is 46.5 Å². The zero-order valence-electron chi connectivity index (χ0n) is 22.1. The van der Waals surface area contributed by atoms with Crippen LogP contribution < -0.4 is 9.05 Å². The SMILES string of the molecule is C=CCOP(Oc1ccc(C(C)(C)c2ccccc2)cc1)Oc1ccc(C(C)(C)c2ccccc2)cc1. The van der Waals surface area contributed by atoms with Crippen LogP contribution in [0.1, 0.15) is 49.9 Å². The number of hydrogen-bond acceptors (Lipinski definition) is 3. The van der Waals surface area contributed by atoms with Crippen LogP contribution in [0.4, 0.5) is 0 Å². The first-order valence-electron chi connectivity index (χ1n) is 12.5. The van der Waals surface area contributed by atoms with E-state index in [1.165, 1.54) is 22.3 Å². The number of hydrogen-bond donors (Lipinski definition) is 0. The third kappa shape index (κ3) is 6.49. The molecule has 0 saturated heterocycles. The first-order chi connectivity index (χ1) is 17.8. The lowest BCUT2D eigenvalue weighted by molar-refractivity contribution is 0.294. The summed E-state index contributed by atoms with van der Waals surface area (Å²) in [5, 5.41) is 0. The first kappa shape index (κ1) is 26.7. The van der Waals surface area contributed by atoms with Crippen LogP contribution in [0.25, 0.3) is 0 Å². The summed E-state index contributed by atoms with van der Waals surface area (Å²) in [6, 6.07) is 37.3. The predicted molar refractivity (Wildman–Crippen MR) is 154 cm³/mol. The van der Waals surface area contributed by atoms with Crippen LogP contribution in [0.3, 0.4) is 0 Å². The molecule has 0 radical (unpaired) electrons. The van der Waals surface area contributed by atoms with Crippen LogP contribution in [-0.2, 0) is 15.4 Å². The van der Waals surface area contributed by atoms with Gasteiger partial charge in [-0.2, -0.15) is 0 Å². The third-order valence-electron chi connectivity index (χ3n) is 6.80. The van der Waals surface area contributed by atoms with E-state index >= 15 is 0 Å². The Bertz CT molecular complexity index is 1170. The molecular formula is C33H35O3P. The van der Waals surface area contributed by atoms with Crippen molar-refractivity contribution in [3.63, 3.8) is 0 Å². The standard InChI is InChI=1S/C33H35O3P/c1-6-25-34-37(35-30-21-17-28(18-22-30)32(2,3)26-13-9-7-10-14-26)36-31-23-19-29(20-24-31)33(4,5)27-15-11-8-12-16-27/h6-24H,1,25H2,2-5H3. The maximum absolute atomic E-state index is 6.13. The van der Waals surface area contributed by atoms with E-state index in [0.717, 1.165) is 0 Å². The van der Waals surface area contributed by atoms with Crippen LogP contribution in [0, 0.1) is 0 Å². The summed E-state index contributed by atoms with van der Waals surface area (Å²) >= 11 is 0.